The number of hydrogen-bond donors (Lipinski definition) is 2. The van der Waals surface area contributed by atoms with Crippen LogP contribution in [-0.2, 0) is 6.54 Å². The van der Waals surface area contributed by atoms with Crippen molar-refractivity contribution in [3.63, 3.8) is 0 Å². The van der Waals surface area contributed by atoms with E-state index in [1.54, 1.807) is 12.4 Å². The standard InChI is InChI=1S/C23H20BrN5O/c1-2-29-15-21(22(28-29)16-10-12-25-13-11-16)17-4-3-5-20(14-17)27-23(30)26-19-8-6-18(24)7-9-19/h3-15H,2H2,1H3,(H2,26,27,30). The lowest BCUT2D eigenvalue weighted by atomic mass is 10.0. The van der Waals surface area contributed by atoms with Gasteiger partial charge in [-0.15, -0.1) is 0 Å². The molecule has 4 aromatic rings. The third kappa shape index (κ3) is 4.58. The number of aryl methyl sites for hydroxylation is 1. The van der Waals surface area contributed by atoms with Gasteiger partial charge in [-0.1, -0.05) is 28.1 Å². The molecule has 0 aliphatic rings. The number of carbonyl (C=O) groups is 1. The van der Waals surface area contributed by atoms with E-state index in [9.17, 15) is 4.79 Å². The zero-order valence-electron chi connectivity index (χ0n) is 16.3. The topological polar surface area (TPSA) is 71.8 Å². The summed E-state index contributed by atoms with van der Waals surface area (Å²) in [6, 6.07) is 18.8. The number of benzene rings is 2. The van der Waals surface area contributed by atoms with Crippen molar-refractivity contribution in [2.75, 3.05) is 10.6 Å². The Morgan fingerprint density at radius 3 is 2.43 bits per heavy atom. The lowest BCUT2D eigenvalue weighted by Gasteiger charge is -2.09. The molecule has 0 saturated carbocycles. The molecule has 2 N–H and O–H groups in total. The largest absolute Gasteiger partial charge is 0.323 e. The highest BCUT2D eigenvalue weighted by Crippen LogP contribution is 2.32. The van der Waals surface area contributed by atoms with Crippen molar-refractivity contribution in [2.45, 2.75) is 13.5 Å². The van der Waals surface area contributed by atoms with Crippen molar-refractivity contribution in [3.8, 4) is 22.4 Å². The third-order valence-corrected chi connectivity index (χ3v) is 5.10. The van der Waals surface area contributed by atoms with Gasteiger partial charge in [-0.3, -0.25) is 9.67 Å². The van der Waals surface area contributed by atoms with E-state index in [1.807, 2.05) is 71.5 Å². The van der Waals surface area contributed by atoms with E-state index < -0.39 is 0 Å². The summed E-state index contributed by atoms with van der Waals surface area (Å²) >= 11 is 3.39. The van der Waals surface area contributed by atoms with Gasteiger partial charge in [-0.2, -0.15) is 5.10 Å². The zero-order valence-corrected chi connectivity index (χ0v) is 17.9. The lowest BCUT2D eigenvalue weighted by Crippen LogP contribution is -2.19. The van der Waals surface area contributed by atoms with Gasteiger partial charge in [-0.05, 0) is 61.0 Å². The number of aromatic nitrogens is 3. The zero-order chi connectivity index (χ0) is 20.9. The van der Waals surface area contributed by atoms with E-state index in [0.717, 1.165) is 39.1 Å². The Bertz CT molecular complexity index is 1160. The van der Waals surface area contributed by atoms with Gasteiger partial charge >= 0.3 is 6.03 Å². The van der Waals surface area contributed by atoms with Crippen LogP contribution in [0.2, 0.25) is 0 Å². The summed E-state index contributed by atoms with van der Waals surface area (Å²) in [5.74, 6) is 0. The maximum atomic E-state index is 12.4. The molecule has 0 fully saturated rings. The molecule has 0 saturated heterocycles. The monoisotopic (exact) mass is 461 g/mol. The maximum absolute atomic E-state index is 12.4. The number of pyridine rings is 1. The molecule has 0 atom stereocenters. The predicted octanol–water partition coefficient (Wildman–Crippen LogP) is 6.04. The van der Waals surface area contributed by atoms with Crippen LogP contribution in [0.25, 0.3) is 22.4 Å². The molecule has 2 heterocycles. The van der Waals surface area contributed by atoms with Crippen LogP contribution < -0.4 is 10.6 Å². The maximum Gasteiger partial charge on any atom is 0.323 e. The van der Waals surface area contributed by atoms with Gasteiger partial charge < -0.3 is 10.6 Å². The molecule has 150 valence electrons. The number of nitrogens with zero attached hydrogens (tertiary/aromatic N) is 3. The van der Waals surface area contributed by atoms with Gasteiger partial charge in [0.25, 0.3) is 0 Å². The minimum Gasteiger partial charge on any atom is -0.308 e. The molecule has 2 aromatic carbocycles. The van der Waals surface area contributed by atoms with Crippen molar-refractivity contribution < 1.29 is 4.79 Å². The summed E-state index contributed by atoms with van der Waals surface area (Å²) < 4.78 is 2.87. The molecular weight excluding hydrogens is 442 g/mol. The van der Waals surface area contributed by atoms with E-state index in [2.05, 4.69) is 38.5 Å². The first kappa shape index (κ1) is 19.8. The summed E-state index contributed by atoms with van der Waals surface area (Å²) in [5, 5.41) is 10.4. The Morgan fingerprint density at radius 1 is 0.967 bits per heavy atom. The number of nitrogens with one attached hydrogen (secondary N) is 2. The third-order valence-electron chi connectivity index (χ3n) is 4.57. The van der Waals surface area contributed by atoms with Crippen LogP contribution in [0.1, 0.15) is 6.92 Å². The fourth-order valence-electron chi connectivity index (χ4n) is 3.11. The van der Waals surface area contributed by atoms with E-state index in [0.29, 0.717) is 5.69 Å². The van der Waals surface area contributed by atoms with E-state index >= 15 is 0 Å². The number of amides is 2. The number of carbonyl (C=O) groups excluding carboxylic acids is 1. The lowest BCUT2D eigenvalue weighted by molar-refractivity contribution is 0.262. The Kier molecular flexibility index (Phi) is 5.90. The van der Waals surface area contributed by atoms with E-state index in [4.69, 9.17) is 5.10 Å². The second-order valence-electron chi connectivity index (χ2n) is 6.65. The van der Waals surface area contributed by atoms with E-state index in [1.165, 1.54) is 0 Å². The van der Waals surface area contributed by atoms with E-state index in [-0.39, 0.29) is 6.03 Å². The van der Waals surface area contributed by atoms with Gasteiger partial charge in [0.2, 0.25) is 0 Å². The van der Waals surface area contributed by atoms with Gasteiger partial charge in [0, 0.05) is 52.1 Å². The van der Waals surface area contributed by atoms with Crippen LogP contribution in [0.4, 0.5) is 16.2 Å². The van der Waals surface area contributed by atoms with Crippen LogP contribution in [0.3, 0.4) is 0 Å². The van der Waals surface area contributed by atoms with Gasteiger partial charge in [0.05, 0.1) is 0 Å². The Labute approximate surface area is 183 Å². The first-order valence-electron chi connectivity index (χ1n) is 9.54. The fraction of sp³-hybridized carbons (Fsp3) is 0.0870. The average molecular weight is 462 g/mol. The summed E-state index contributed by atoms with van der Waals surface area (Å²) in [6.45, 7) is 2.82. The SMILES string of the molecule is CCn1cc(-c2cccc(NC(=O)Nc3ccc(Br)cc3)c2)c(-c2ccncc2)n1. The van der Waals surface area contributed by atoms with Gasteiger partial charge in [0.1, 0.15) is 5.69 Å². The highest BCUT2D eigenvalue weighted by molar-refractivity contribution is 9.10. The van der Waals surface area contributed by atoms with Crippen molar-refractivity contribution >= 4 is 33.3 Å². The van der Waals surface area contributed by atoms with Crippen LogP contribution >= 0.6 is 15.9 Å². The summed E-state index contributed by atoms with van der Waals surface area (Å²) in [5.41, 5.74) is 5.28. The molecular formula is C23H20BrN5O. The fourth-order valence-corrected chi connectivity index (χ4v) is 3.37. The van der Waals surface area contributed by atoms with Crippen molar-refractivity contribution in [3.05, 3.63) is 83.7 Å². The van der Waals surface area contributed by atoms with Gasteiger partial charge in [0.15, 0.2) is 0 Å². The molecule has 0 aliphatic heterocycles. The molecule has 0 radical (unpaired) electrons. The van der Waals surface area contributed by atoms with Gasteiger partial charge in [-0.25, -0.2) is 4.79 Å². The van der Waals surface area contributed by atoms with Crippen LogP contribution in [0.15, 0.2) is 83.7 Å². The minimum atomic E-state index is -0.298. The number of rotatable bonds is 5. The number of hydrogen-bond acceptors (Lipinski definition) is 3. The Hall–Kier alpha value is -3.45. The Morgan fingerprint density at radius 2 is 1.70 bits per heavy atom. The highest BCUT2D eigenvalue weighted by atomic mass is 79.9. The van der Waals surface area contributed by atoms with Crippen LogP contribution in [0.5, 0.6) is 0 Å². The summed E-state index contributed by atoms with van der Waals surface area (Å²) in [4.78, 5) is 16.5. The first-order valence-corrected chi connectivity index (χ1v) is 10.3. The molecule has 0 spiro atoms. The second-order valence-corrected chi connectivity index (χ2v) is 7.57. The predicted molar refractivity (Wildman–Crippen MR) is 123 cm³/mol. The quantitative estimate of drug-likeness (QED) is 0.380. The molecule has 4 rings (SSSR count). The second kappa shape index (κ2) is 8.92. The molecule has 0 unspecified atom stereocenters. The van der Waals surface area contributed by atoms with Crippen molar-refractivity contribution in [1.29, 1.82) is 0 Å². The molecule has 30 heavy (non-hydrogen) atoms. The molecule has 7 heteroatoms. The average Bonchev–Trinajstić information content (AvgIpc) is 3.21. The molecule has 0 aliphatic carbocycles. The van der Waals surface area contributed by atoms with Crippen LogP contribution in [0, 0.1) is 0 Å². The highest BCUT2D eigenvalue weighted by Gasteiger charge is 2.13. The smallest absolute Gasteiger partial charge is 0.308 e. The summed E-state index contributed by atoms with van der Waals surface area (Å²) in [7, 11) is 0. The van der Waals surface area contributed by atoms with Crippen LogP contribution in [-0.4, -0.2) is 20.8 Å². The summed E-state index contributed by atoms with van der Waals surface area (Å²) in [6.07, 6.45) is 5.54. The molecule has 6 nitrogen and oxygen atoms in total. The normalized spacial score (nSPS) is 10.6. The van der Waals surface area contributed by atoms with Crippen molar-refractivity contribution in [2.24, 2.45) is 0 Å². The number of halogens is 1. The molecule has 2 amide bonds. The minimum absolute atomic E-state index is 0.298. The number of urea groups is 1. The Balaban J connectivity index is 1.58. The first-order chi connectivity index (χ1) is 14.6. The van der Waals surface area contributed by atoms with Crippen molar-refractivity contribution in [1.82, 2.24) is 14.8 Å². The molecule has 2 aromatic heterocycles. The molecule has 0 bridgehead atoms. The number of anilines is 2.